The molecule has 17 heavy (non-hydrogen) atoms. The number of hydrogen-bond acceptors (Lipinski definition) is 2. The maximum atomic E-state index is 5.12. The summed E-state index contributed by atoms with van der Waals surface area (Å²) in [6, 6.07) is 20.4. The molecule has 3 aromatic rings. The lowest BCUT2D eigenvalue weighted by Gasteiger charge is -2.02. The van der Waals surface area contributed by atoms with Crippen LogP contribution in [0.4, 0.5) is 0 Å². The fraction of sp³-hybridized carbons (Fsp3) is 0. The standard InChI is InChI=1S/C15H11NO/c1-2-4-12(5-3-1)13-6-8-14(9-7-13)15-10-11-16-17-15/h1-11H. The van der Waals surface area contributed by atoms with E-state index in [1.165, 1.54) is 11.1 Å². The molecule has 0 radical (unpaired) electrons. The summed E-state index contributed by atoms with van der Waals surface area (Å²) in [5, 5.41) is 3.70. The maximum Gasteiger partial charge on any atom is 0.166 e. The SMILES string of the molecule is c1ccc(-c2ccc(-c3ccno3)cc2)cc1. The third-order valence-electron chi connectivity index (χ3n) is 2.71. The monoisotopic (exact) mass is 221 g/mol. The minimum atomic E-state index is 0.796. The molecule has 1 aromatic heterocycles. The van der Waals surface area contributed by atoms with Gasteiger partial charge in [-0.05, 0) is 11.1 Å². The molecule has 0 atom stereocenters. The molecule has 0 unspecified atom stereocenters. The van der Waals surface area contributed by atoms with Gasteiger partial charge in [-0.2, -0.15) is 0 Å². The fourth-order valence-electron chi connectivity index (χ4n) is 1.82. The third kappa shape index (κ3) is 1.97. The Kier molecular flexibility index (Phi) is 2.47. The highest BCUT2D eigenvalue weighted by molar-refractivity contribution is 5.67. The van der Waals surface area contributed by atoms with Gasteiger partial charge >= 0.3 is 0 Å². The first-order valence-electron chi connectivity index (χ1n) is 5.50. The zero-order valence-corrected chi connectivity index (χ0v) is 9.21. The number of rotatable bonds is 2. The van der Waals surface area contributed by atoms with Crippen LogP contribution in [-0.2, 0) is 0 Å². The molecule has 0 aliphatic rings. The van der Waals surface area contributed by atoms with Crippen molar-refractivity contribution < 1.29 is 4.52 Å². The van der Waals surface area contributed by atoms with E-state index in [4.69, 9.17) is 4.52 Å². The Labute approximate surface area is 99.5 Å². The average molecular weight is 221 g/mol. The van der Waals surface area contributed by atoms with Crippen molar-refractivity contribution in [3.63, 3.8) is 0 Å². The van der Waals surface area contributed by atoms with E-state index >= 15 is 0 Å². The molecule has 2 heteroatoms. The number of aromatic nitrogens is 1. The highest BCUT2D eigenvalue weighted by atomic mass is 16.5. The van der Waals surface area contributed by atoms with Crippen LogP contribution >= 0.6 is 0 Å². The van der Waals surface area contributed by atoms with Gasteiger partial charge in [0.15, 0.2) is 5.76 Å². The predicted molar refractivity (Wildman–Crippen MR) is 67.4 cm³/mol. The summed E-state index contributed by atoms with van der Waals surface area (Å²) in [5.74, 6) is 0.796. The molecule has 3 rings (SSSR count). The van der Waals surface area contributed by atoms with Crippen LogP contribution in [0.3, 0.4) is 0 Å². The first kappa shape index (κ1) is 9.85. The summed E-state index contributed by atoms with van der Waals surface area (Å²) in [5.41, 5.74) is 3.47. The van der Waals surface area contributed by atoms with Crippen LogP contribution in [0.15, 0.2) is 71.4 Å². The highest BCUT2D eigenvalue weighted by Gasteiger charge is 2.02. The molecule has 0 saturated heterocycles. The minimum Gasteiger partial charge on any atom is -0.356 e. The van der Waals surface area contributed by atoms with Crippen molar-refractivity contribution in [2.24, 2.45) is 0 Å². The lowest BCUT2D eigenvalue weighted by Crippen LogP contribution is -1.78. The topological polar surface area (TPSA) is 26.0 Å². The Hall–Kier alpha value is -2.35. The van der Waals surface area contributed by atoms with E-state index in [9.17, 15) is 0 Å². The van der Waals surface area contributed by atoms with Crippen molar-refractivity contribution in [1.82, 2.24) is 5.16 Å². The second-order valence-corrected chi connectivity index (χ2v) is 3.82. The summed E-state index contributed by atoms with van der Waals surface area (Å²) in [6.45, 7) is 0. The van der Waals surface area contributed by atoms with E-state index < -0.39 is 0 Å². The van der Waals surface area contributed by atoms with Crippen molar-refractivity contribution in [2.75, 3.05) is 0 Å². The molecule has 2 aromatic carbocycles. The number of nitrogens with zero attached hydrogens (tertiary/aromatic N) is 1. The summed E-state index contributed by atoms with van der Waals surface area (Å²) in [4.78, 5) is 0. The maximum absolute atomic E-state index is 5.12. The lowest BCUT2D eigenvalue weighted by molar-refractivity contribution is 0.432. The molecule has 2 nitrogen and oxygen atoms in total. The Balaban J connectivity index is 1.96. The van der Waals surface area contributed by atoms with Crippen molar-refractivity contribution in [3.8, 4) is 22.5 Å². The van der Waals surface area contributed by atoms with Crippen LogP contribution in [0.25, 0.3) is 22.5 Å². The Morgan fingerprint density at radius 2 is 1.29 bits per heavy atom. The molecular weight excluding hydrogens is 210 g/mol. The van der Waals surface area contributed by atoms with Gasteiger partial charge in [-0.15, -0.1) is 0 Å². The smallest absolute Gasteiger partial charge is 0.166 e. The van der Waals surface area contributed by atoms with Gasteiger partial charge in [-0.1, -0.05) is 59.8 Å². The van der Waals surface area contributed by atoms with E-state index in [0.29, 0.717) is 0 Å². The zero-order valence-electron chi connectivity index (χ0n) is 9.21. The van der Waals surface area contributed by atoms with Crippen molar-refractivity contribution in [3.05, 3.63) is 66.9 Å². The molecule has 0 aliphatic carbocycles. The molecule has 0 amide bonds. The Morgan fingerprint density at radius 3 is 1.94 bits per heavy atom. The van der Waals surface area contributed by atoms with Gasteiger partial charge in [0.2, 0.25) is 0 Å². The fourth-order valence-corrected chi connectivity index (χ4v) is 1.82. The molecule has 0 spiro atoms. The van der Waals surface area contributed by atoms with Crippen molar-refractivity contribution in [1.29, 1.82) is 0 Å². The number of benzene rings is 2. The van der Waals surface area contributed by atoms with Crippen molar-refractivity contribution >= 4 is 0 Å². The lowest BCUT2D eigenvalue weighted by atomic mass is 10.0. The summed E-state index contributed by atoms with van der Waals surface area (Å²) >= 11 is 0. The summed E-state index contributed by atoms with van der Waals surface area (Å²) in [6.07, 6.45) is 1.65. The Morgan fingerprint density at radius 1 is 0.647 bits per heavy atom. The second kappa shape index (κ2) is 4.26. The average Bonchev–Trinajstić information content (AvgIpc) is 2.94. The summed E-state index contributed by atoms with van der Waals surface area (Å²) in [7, 11) is 0. The minimum absolute atomic E-state index is 0.796. The van der Waals surface area contributed by atoms with Crippen molar-refractivity contribution in [2.45, 2.75) is 0 Å². The van der Waals surface area contributed by atoms with Crippen LogP contribution < -0.4 is 0 Å². The van der Waals surface area contributed by atoms with Gasteiger partial charge in [-0.25, -0.2) is 0 Å². The van der Waals surface area contributed by atoms with Gasteiger partial charge in [0.05, 0.1) is 6.20 Å². The molecule has 0 fully saturated rings. The molecule has 0 bridgehead atoms. The van der Waals surface area contributed by atoms with Gasteiger partial charge in [0.1, 0.15) is 0 Å². The van der Waals surface area contributed by atoms with Gasteiger partial charge in [0, 0.05) is 11.6 Å². The summed E-state index contributed by atoms with van der Waals surface area (Å²) < 4.78 is 5.12. The van der Waals surface area contributed by atoms with E-state index in [2.05, 4.69) is 29.4 Å². The van der Waals surface area contributed by atoms with Crippen LogP contribution in [-0.4, -0.2) is 5.16 Å². The predicted octanol–water partition coefficient (Wildman–Crippen LogP) is 4.01. The second-order valence-electron chi connectivity index (χ2n) is 3.82. The molecule has 0 aliphatic heterocycles. The number of hydrogen-bond donors (Lipinski definition) is 0. The molecule has 82 valence electrons. The van der Waals surface area contributed by atoms with Crippen LogP contribution in [0.5, 0.6) is 0 Å². The highest BCUT2D eigenvalue weighted by Crippen LogP contribution is 2.24. The van der Waals surface area contributed by atoms with Crippen LogP contribution in [0.2, 0.25) is 0 Å². The Bertz CT molecular complexity index is 583. The van der Waals surface area contributed by atoms with E-state index in [0.717, 1.165) is 11.3 Å². The van der Waals surface area contributed by atoms with E-state index in [1.807, 2.05) is 36.4 Å². The normalized spacial score (nSPS) is 10.4. The van der Waals surface area contributed by atoms with Gasteiger partial charge in [-0.3, -0.25) is 0 Å². The third-order valence-corrected chi connectivity index (χ3v) is 2.71. The first-order chi connectivity index (χ1) is 8.43. The first-order valence-corrected chi connectivity index (χ1v) is 5.50. The van der Waals surface area contributed by atoms with E-state index in [-0.39, 0.29) is 0 Å². The van der Waals surface area contributed by atoms with Crippen LogP contribution in [0, 0.1) is 0 Å². The molecule has 0 saturated carbocycles. The van der Waals surface area contributed by atoms with E-state index in [1.54, 1.807) is 6.20 Å². The molecule has 0 N–H and O–H groups in total. The quantitative estimate of drug-likeness (QED) is 0.653. The molecular formula is C15H11NO. The largest absolute Gasteiger partial charge is 0.356 e. The molecule has 1 heterocycles. The zero-order chi connectivity index (χ0) is 11.5. The van der Waals surface area contributed by atoms with Gasteiger partial charge in [0.25, 0.3) is 0 Å². The van der Waals surface area contributed by atoms with Crippen LogP contribution in [0.1, 0.15) is 0 Å². The van der Waals surface area contributed by atoms with Gasteiger partial charge < -0.3 is 4.52 Å².